The fourth-order valence-corrected chi connectivity index (χ4v) is 9.29. The number of fused-ring (bicyclic) bond motifs is 3. The molecule has 2 aromatic heterocycles. The number of benzene rings is 3. The molecule has 14 heteroatoms. The summed E-state index contributed by atoms with van der Waals surface area (Å²) in [7, 11) is 2.61. The maximum atomic E-state index is 13.5. The average molecular weight is 789 g/mol. The molecule has 2 saturated heterocycles. The highest BCUT2D eigenvalue weighted by molar-refractivity contribution is 5.91. The predicted octanol–water partition coefficient (Wildman–Crippen LogP) is 6.92. The van der Waals surface area contributed by atoms with Crippen LogP contribution in [-0.2, 0) is 14.3 Å². The molecule has 3 fully saturated rings. The van der Waals surface area contributed by atoms with Crippen molar-refractivity contribution < 1.29 is 29.0 Å². The number of hydrogen-bond acceptors (Lipinski definition) is 9. The van der Waals surface area contributed by atoms with Crippen LogP contribution in [0.25, 0.3) is 44.4 Å². The second-order valence-corrected chi connectivity index (χ2v) is 16.2. The summed E-state index contributed by atoms with van der Waals surface area (Å²) >= 11 is 0. The SMILES string of the molecule is COC(=O)N[C@@H](C(C)C)C(O)N1CCC[C@H]1c1ncc(-c2ccc(-c3ccc4cc(-c5cnc([C@@H]6[C@H]7CC[C@H](C7)N6C(=O)[C@H](C)NC(=O)OC)[nH]5)ccc4c3)cc2)[nH]1. The lowest BCUT2D eigenvalue weighted by molar-refractivity contribution is -0.137. The van der Waals surface area contributed by atoms with Gasteiger partial charge in [0.2, 0.25) is 5.91 Å². The first-order chi connectivity index (χ1) is 28.0. The van der Waals surface area contributed by atoms with E-state index in [9.17, 15) is 19.5 Å². The Balaban J connectivity index is 0.948. The first-order valence-electron chi connectivity index (χ1n) is 20.2. The van der Waals surface area contributed by atoms with Crippen LogP contribution in [0, 0.1) is 11.8 Å². The lowest BCUT2D eigenvalue weighted by Gasteiger charge is -2.36. The van der Waals surface area contributed by atoms with Gasteiger partial charge >= 0.3 is 12.2 Å². The van der Waals surface area contributed by atoms with Crippen molar-refractivity contribution in [1.82, 2.24) is 40.4 Å². The molecular formula is C44H52N8O6. The van der Waals surface area contributed by atoms with Gasteiger partial charge in [-0.1, -0.05) is 62.4 Å². The fraction of sp³-hybridized carbons (Fsp3) is 0.432. The van der Waals surface area contributed by atoms with Crippen molar-refractivity contribution >= 4 is 28.9 Å². The Bertz CT molecular complexity index is 2290. The van der Waals surface area contributed by atoms with Crippen LogP contribution >= 0.6 is 0 Å². The number of ether oxygens (including phenoxy) is 2. The zero-order chi connectivity index (χ0) is 40.7. The van der Waals surface area contributed by atoms with Crippen molar-refractivity contribution in [3.05, 3.63) is 84.7 Å². The van der Waals surface area contributed by atoms with Gasteiger partial charge in [-0.15, -0.1) is 0 Å². The lowest BCUT2D eigenvalue weighted by atomic mass is 9.97. The molecule has 58 heavy (non-hydrogen) atoms. The highest BCUT2D eigenvalue weighted by atomic mass is 16.5. The monoisotopic (exact) mass is 788 g/mol. The number of carbonyl (C=O) groups excluding carboxylic acids is 3. The Morgan fingerprint density at radius 1 is 0.776 bits per heavy atom. The Morgan fingerprint density at radius 2 is 1.38 bits per heavy atom. The number of likely N-dealkylation sites (tertiary alicyclic amines) is 2. The molecule has 3 amide bonds. The Hall–Kier alpha value is -5.73. The van der Waals surface area contributed by atoms with Gasteiger partial charge in [-0.05, 0) is 90.5 Å². The second kappa shape index (κ2) is 16.3. The first-order valence-corrected chi connectivity index (χ1v) is 20.2. The number of alkyl carbamates (subject to hydrolysis) is 2. The van der Waals surface area contributed by atoms with Gasteiger partial charge in [-0.2, -0.15) is 0 Å². The summed E-state index contributed by atoms with van der Waals surface area (Å²) in [5, 5.41) is 19.0. The number of aliphatic hydroxyl groups is 1. The van der Waals surface area contributed by atoms with E-state index in [1.54, 1.807) is 6.92 Å². The molecule has 1 unspecified atom stereocenters. The minimum atomic E-state index is -0.887. The molecule has 0 radical (unpaired) electrons. The predicted molar refractivity (Wildman–Crippen MR) is 219 cm³/mol. The lowest BCUT2D eigenvalue weighted by Crippen LogP contribution is -2.54. The van der Waals surface area contributed by atoms with Crippen molar-refractivity contribution in [3.63, 3.8) is 0 Å². The summed E-state index contributed by atoms with van der Waals surface area (Å²) in [4.78, 5) is 57.8. The number of aromatic amines is 2. The number of aromatic nitrogens is 4. The van der Waals surface area contributed by atoms with Crippen LogP contribution in [0.2, 0.25) is 0 Å². The van der Waals surface area contributed by atoms with E-state index in [4.69, 9.17) is 19.4 Å². The van der Waals surface area contributed by atoms with E-state index in [1.165, 1.54) is 14.2 Å². The topological polar surface area (TPSA) is 178 Å². The third kappa shape index (κ3) is 7.53. The van der Waals surface area contributed by atoms with Crippen molar-refractivity contribution in [1.29, 1.82) is 0 Å². The van der Waals surface area contributed by atoms with Gasteiger partial charge in [0.05, 0.1) is 56.1 Å². The Morgan fingerprint density at radius 3 is 2.09 bits per heavy atom. The van der Waals surface area contributed by atoms with Crippen LogP contribution in [0.4, 0.5) is 9.59 Å². The van der Waals surface area contributed by atoms with Gasteiger partial charge in [-0.3, -0.25) is 9.69 Å². The number of H-pyrrole nitrogens is 2. The molecular weight excluding hydrogens is 737 g/mol. The summed E-state index contributed by atoms with van der Waals surface area (Å²) in [5.74, 6) is 1.76. The molecule has 1 aliphatic carbocycles. The number of amides is 3. The zero-order valence-corrected chi connectivity index (χ0v) is 33.6. The van der Waals surface area contributed by atoms with E-state index in [2.05, 4.69) is 81.3 Å². The number of nitrogens with zero attached hydrogens (tertiary/aromatic N) is 4. The summed E-state index contributed by atoms with van der Waals surface area (Å²) in [6.45, 7) is 6.32. The van der Waals surface area contributed by atoms with Crippen LogP contribution in [0.15, 0.2) is 73.1 Å². The van der Waals surface area contributed by atoms with Crippen LogP contribution < -0.4 is 10.6 Å². The molecule has 1 saturated carbocycles. The number of aliphatic hydroxyl groups excluding tert-OH is 1. The standard InChI is InChI=1S/C44H52N8O6/c1-24(2)37(50-44(56)58-5)42(54)51-18-6-7-36(51)39-45-22-34(48-39)27-10-8-26(9-11-27)28-12-13-30-20-31(15-14-29(30)19-28)35-23-46-40(49-35)38-32-16-17-33(21-32)52(38)41(53)25(3)47-43(55)57-4/h8-15,19-20,22-25,32-33,36-38,42,54H,6-7,16-18,21H2,1-5H3,(H,45,48)(H,46,49)(H,47,55)(H,50,56)/t25-,32-,33+,36-,37-,38-,42?/m0/s1. The molecule has 5 aromatic rings. The van der Waals surface area contributed by atoms with E-state index in [0.29, 0.717) is 12.5 Å². The molecule has 5 N–H and O–H groups in total. The normalized spacial score (nSPS) is 21.9. The largest absolute Gasteiger partial charge is 0.453 e. The molecule has 2 bridgehead atoms. The van der Waals surface area contributed by atoms with Gasteiger partial charge in [-0.25, -0.2) is 19.6 Å². The highest BCUT2D eigenvalue weighted by Crippen LogP contribution is 2.50. The molecule has 2 aliphatic heterocycles. The molecule has 4 heterocycles. The quantitative estimate of drug-likeness (QED) is 0.0951. The van der Waals surface area contributed by atoms with Gasteiger partial charge in [0, 0.05) is 18.2 Å². The number of rotatable bonds is 11. The average Bonchev–Trinajstić information content (AvgIpc) is 4.10. The fourth-order valence-electron chi connectivity index (χ4n) is 9.29. The molecule has 0 spiro atoms. The van der Waals surface area contributed by atoms with Gasteiger partial charge < -0.3 is 40.1 Å². The van der Waals surface area contributed by atoms with Crippen LogP contribution in [0.3, 0.4) is 0 Å². The zero-order valence-electron chi connectivity index (χ0n) is 33.6. The summed E-state index contributed by atoms with van der Waals surface area (Å²) in [6, 6.07) is 19.9. The first kappa shape index (κ1) is 39.1. The van der Waals surface area contributed by atoms with Crippen molar-refractivity contribution in [3.8, 4) is 33.6 Å². The third-order valence-corrected chi connectivity index (χ3v) is 12.3. The van der Waals surface area contributed by atoms with E-state index < -0.39 is 30.5 Å². The van der Waals surface area contributed by atoms with E-state index in [0.717, 1.165) is 88.2 Å². The van der Waals surface area contributed by atoms with E-state index in [1.807, 2.05) is 36.0 Å². The van der Waals surface area contributed by atoms with E-state index in [-0.39, 0.29) is 30.0 Å². The van der Waals surface area contributed by atoms with E-state index >= 15 is 0 Å². The van der Waals surface area contributed by atoms with Crippen molar-refractivity contribution in [2.45, 2.75) is 89.3 Å². The smallest absolute Gasteiger partial charge is 0.407 e. The third-order valence-electron chi connectivity index (χ3n) is 12.3. The Labute approximate surface area is 337 Å². The molecule has 7 atom stereocenters. The number of piperidine rings is 1. The van der Waals surface area contributed by atoms with Gasteiger partial charge in [0.15, 0.2) is 0 Å². The maximum Gasteiger partial charge on any atom is 0.407 e. The Kier molecular flexibility index (Phi) is 11.0. The number of hydrogen-bond donors (Lipinski definition) is 5. The molecule has 304 valence electrons. The minimum Gasteiger partial charge on any atom is -0.453 e. The number of nitrogens with one attached hydrogen (secondary N) is 4. The van der Waals surface area contributed by atoms with Crippen LogP contribution in [0.5, 0.6) is 0 Å². The molecule has 14 nitrogen and oxygen atoms in total. The van der Waals surface area contributed by atoms with Gasteiger partial charge in [0.1, 0.15) is 23.9 Å². The molecule has 8 rings (SSSR count). The molecule has 3 aliphatic rings. The number of methoxy groups -OCH3 is 2. The summed E-state index contributed by atoms with van der Waals surface area (Å²) in [5.41, 5.74) is 6.01. The van der Waals surface area contributed by atoms with Crippen LogP contribution in [0.1, 0.15) is 76.6 Å². The van der Waals surface area contributed by atoms with Crippen LogP contribution in [-0.4, -0.2) is 98.1 Å². The summed E-state index contributed by atoms with van der Waals surface area (Å²) in [6.07, 6.45) is 6.32. The second-order valence-electron chi connectivity index (χ2n) is 16.2. The molecule has 3 aromatic carbocycles. The van der Waals surface area contributed by atoms with Gasteiger partial charge in [0.25, 0.3) is 0 Å². The number of carbonyl (C=O) groups is 3. The minimum absolute atomic E-state index is 0.00358. The maximum absolute atomic E-state index is 13.5. The van der Waals surface area contributed by atoms with Crippen molar-refractivity contribution in [2.75, 3.05) is 20.8 Å². The van der Waals surface area contributed by atoms with Crippen molar-refractivity contribution in [2.24, 2.45) is 11.8 Å². The number of imidazole rings is 2. The summed E-state index contributed by atoms with van der Waals surface area (Å²) < 4.78 is 9.52. The highest BCUT2D eigenvalue weighted by Gasteiger charge is 2.50.